The maximum absolute atomic E-state index is 12.1. The van der Waals surface area contributed by atoms with E-state index in [-0.39, 0.29) is 0 Å². The van der Waals surface area contributed by atoms with Crippen LogP contribution >= 0.6 is 0 Å². The van der Waals surface area contributed by atoms with Gasteiger partial charge in [-0.3, -0.25) is 0 Å². The molecule has 23 heavy (non-hydrogen) atoms. The van der Waals surface area contributed by atoms with Gasteiger partial charge in [-0.05, 0) is 37.3 Å². The molecule has 0 aromatic heterocycles. The van der Waals surface area contributed by atoms with Gasteiger partial charge >= 0.3 is 5.97 Å². The summed E-state index contributed by atoms with van der Waals surface area (Å²) in [5.41, 5.74) is 5.73. The summed E-state index contributed by atoms with van der Waals surface area (Å²) >= 11 is 0. The van der Waals surface area contributed by atoms with E-state index in [4.69, 9.17) is 14.3 Å². The first kappa shape index (κ1) is 15.0. The number of hydrogen-bond donors (Lipinski definition) is 1. The van der Waals surface area contributed by atoms with Gasteiger partial charge < -0.3 is 14.3 Å². The Morgan fingerprint density at radius 3 is 2.87 bits per heavy atom. The number of ether oxygens (including phenoxy) is 2. The van der Waals surface area contributed by atoms with Crippen molar-refractivity contribution in [2.45, 2.75) is 6.92 Å². The van der Waals surface area contributed by atoms with Crippen molar-refractivity contribution < 1.29 is 19.1 Å². The third kappa shape index (κ3) is 3.29. The average molecular weight is 311 g/mol. The highest BCUT2D eigenvalue weighted by atomic mass is 16.7. The number of nitrogens with one attached hydrogen (secondary N) is 1. The van der Waals surface area contributed by atoms with Crippen LogP contribution in [0.1, 0.15) is 21.5 Å². The van der Waals surface area contributed by atoms with Gasteiger partial charge in [-0.25, -0.2) is 10.3 Å². The number of fused-ring (bicyclic) bond motifs is 1. The lowest BCUT2D eigenvalue weighted by atomic mass is 10.1. The molecule has 5 nitrogen and oxygen atoms in total. The molecule has 1 aliphatic rings. The number of hydroxylamine groups is 1. The molecule has 0 atom stereocenters. The van der Waals surface area contributed by atoms with E-state index >= 15 is 0 Å². The van der Waals surface area contributed by atoms with E-state index in [1.807, 2.05) is 37.3 Å². The van der Waals surface area contributed by atoms with Gasteiger partial charge in [-0.2, -0.15) is 0 Å². The predicted octanol–water partition coefficient (Wildman–Crippen LogP) is 3.10. The first-order valence-corrected chi connectivity index (χ1v) is 7.22. The standard InChI is InChI=1S/C18H17NO4/c1-12-4-3-5-13(10-12)18(20)23-19-16-8-9-22-17-11-14(21-2)6-7-15(16)17/h3-8,10-11,19H,9H2,1-2H3. The van der Waals surface area contributed by atoms with E-state index < -0.39 is 5.97 Å². The quantitative estimate of drug-likeness (QED) is 0.879. The van der Waals surface area contributed by atoms with Crippen LogP contribution in [-0.2, 0) is 4.84 Å². The summed E-state index contributed by atoms with van der Waals surface area (Å²) < 4.78 is 10.7. The van der Waals surface area contributed by atoms with Gasteiger partial charge in [-0.1, -0.05) is 17.7 Å². The van der Waals surface area contributed by atoms with Crippen molar-refractivity contribution in [3.8, 4) is 11.5 Å². The van der Waals surface area contributed by atoms with Crippen LogP contribution < -0.4 is 15.0 Å². The molecule has 1 heterocycles. The molecule has 2 aromatic carbocycles. The zero-order valence-electron chi connectivity index (χ0n) is 13.0. The average Bonchev–Trinajstić information content (AvgIpc) is 2.59. The van der Waals surface area contributed by atoms with Crippen LogP contribution in [0.4, 0.5) is 0 Å². The molecule has 118 valence electrons. The van der Waals surface area contributed by atoms with Crippen LogP contribution in [0, 0.1) is 6.92 Å². The molecule has 3 rings (SSSR count). The van der Waals surface area contributed by atoms with Crippen molar-refractivity contribution in [3.05, 3.63) is 65.2 Å². The first-order chi connectivity index (χ1) is 11.2. The van der Waals surface area contributed by atoms with Gasteiger partial charge in [0.05, 0.1) is 18.4 Å². The lowest BCUT2D eigenvalue weighted by molar-refractivity contribution is 0.0366. The molecule has 0 unspecified atom stereocenters. The van der Waals surface area contributed by atoms with Gasteiger partial charge in [0.1, 0.15) is 18.1 Å². The molecule has 0 amide bonds. The number of carbonyl (C=O) groups is 1. The minimum absolute atomic E-state index is 0.393. The number of benzene rings is 2. The van der Waals surface area contributed by atoms with E-state index in [9.17, 15) is 4.79 Å². The second-order valence-electron chi connectivity index (χ2n) is 5.15. The summed E-state index contributed by atoms with van der Waals surface area (Å²) in [6, 6.07) is 12.7. The number of rotatable bonds is 4. The SMILES string of the molecule is COc1ccc2c(c1)OCC=C2NOC(=O)c1cccc(C)c1. The fourth-order valence-corrected chi connectivity index (χ4v) is 2.33. The number of hydrogen-bond acceptors (Lipinski definition) is 5. The van der Waals surface area contributed by atoms with Crippen LogP contribution in [0.2, 0.25) is 0 Å². The molecule has 0 bridgehead atoms. The topological polar surface area (TPSA) is 56.8 Å². The van der Waals surface area contributed by atoms with Crippen LogP contribution in [-0.4, -0.2) is 19.7 Å². The van der Waals surface area contributed by atoms with Gasteiger partial charge in [0, 0.05) is 11.6 Å². The normalized spacial score (nSPS) is 12.5. The monoisotopic (exact) mass is 311 g/mol. The number of aryl methyl sites for hydroxylation is 1. The lowest BCUT2D eigenvalue weighted by Crippen LogP contribution is -2.21. The minimum atomic E-state index is -0.434. The largest absolute Gasteiger partial charge is 0.497 e. The molecule has 0 fully saturated rings. The van der Waals surface area contributed by atoms with E-state index in [0.717, 1.165) is 11.1 Å². The zero-order chi connectivity index (χ0) is 16.2. The molecule has 0 saturated carbocycles. The van der Waals surface area contributed by atoms with Crippen molar-refractivity contribution in [3.63, 3.8) is 0 Å². The molecule has 0 spiro atoms. The summed E-state index contributed by atoms with van der Waals surface area (Å²) in [6.07, 6.45) is 1.82. The highest BCUT2D eigenvalue weighted by molar-refractivity contribution is 5.89. The molecular formula is C18H17NO4. The van der Waals surface area contributed by atoms with E-state index in [2.05, 4.69) is 5.48 Å². The molecule has 5 heteroatoms. The predicted molar refractivity (Wildman–Crippen MR) is 86.2 cm³/mol. The zero-order valence-corrected chi connectivity index (χ0v) is 13.0. The Kier molecular flexibility index (Phi) is 4.19. The maximum Gasteiger partial charge on any atom is 0.362 e. The summed E-state index contributed by atoms with van der Waals surface area (Å²) in [4.78, 5) is 17.3. The van der Waals surface area contributed by atoms with Gasteiger partial charge in [0.15, 0.2) is 0 Å². The molecule has 0 saturated heterocycles. The summed E-state index contributed by atoms with van der Waals surface area (Å²) in [6.45, 7) is 2.32. The first-order valence-electron chi connectivity index (χ1n) is 7.22. The molecule has 2 aromatic rings. The van der Waals surface area contributed by atoms with E-state index in [1.54, 1.807) is 25.3 Å². The third-order valence-electron chi connectivity index (χ3n) is 3.51. The molecule has 1 aliphatic heterocycles. The van der Waals surface area contributed by atoms with Gasteiger partial charge in [0.2, 0.25) is 0 Å². The highest BCUT2D eigenvalue weighted by Crippen LogP contribution is 2.31. The fourth-order valence-electron chi connectivity index (χ4n) is 2.33. The van der Waals surface area contributed by atoms with Crippen LogP contribution in [0.15, 0.2) is 48.5 Å². The summed E-state index contributed by atoms with van der Waals surface area (Å²) in [7, 11) is 1.60. The van der Waals surface area contributed by atoms with Gasteiger partial charge in [-0.15, -0.1) is 0 Å². The number of carbonyl (C=O) groups excluding carboxylic acids is 1. The second-order valence-corrected chi connectivity index (χ2v) is 5.15. The summed E-state index contributed by atoms with van der Waals surface area (Å²) in [5.74, 6) is 0.957. The fraction of sp³-hybridized carbons (Fsp3) is 0.167. The second kappa shape index (κ2) is 6.44. The van der Waals surface area contributed by atoms with E-state index in [0.29, 0.717) is 29.4 Å². The number of methoxy groups -OCH3 is 1. The van der Waals surface area contributed by atoms with Crippen LogP contribution in [0.5, 0.6) is 11.5 Å². The van der Waals surface area contributed by atoms with E-state index in [1.165, 1.54) is 0 Å². The Morgan fingerprint density at radius 2 is 2.09 bits per heavy atom. The molecule has 0 aliphatic carbocycles. The van der Waals surface area contributed by atoms with Crippen molar-refractivity contribution in [1.29, 1.82) is 0 Å². The third-order valence-corrected chi connectivity index (χ3v) is 3.51. The van der Waals surface area contributed by atoms with Crippen LogP contribution in [0.3, 0.4) is 0 Å². The lowest BCUT2D eigenvalue weighted by Gasteiger charge is -2.19. The Balaban J connectivity index is 1.72. The minimum Gasteiger partial charge on any atom is -0.497 e. The van der Waals surface area contributed by atoms with Crippen molar-refractivity contribution in [1.82, 2.24) is 5.48 Å². The van der Waals surface area contributed by atoms with Crippen molar-refractivity contribution in [2.24, 2.45) is 0 Å². The highest BCUT2D eigenvalue weighted by Gasteiger charge is 2.16. The van der Waals surface area contributed by atoms with Crippen LogP contribution in [0.25, 0.3) is 5.70 Å². The Bertz CT molecular complexity index is 767. The van der Waals surface area contributed by atoms with Crippen molar-refractivity contribution >= 4 is 11.7 Å². The van der Waals surface area contributed by atoms with Crippen molar-refractivity contribution in [2.75, 3.05) is 13.7 Å². The Hall–Kier alpha value is -2.95. The smallest absolute Gasteiger partial charge is 0.362 e. The molecular weight excluding hydrogens is 294 g/mol. The van der Waals surface area contributed by atoms with Gasteiger partial charge in [0.25, 0.3) is 0 Å². The maximum atomic E-state index is 12.1. The Morgan fingerprint density at radius 1 is 1.22 bits per heavy atom. The molecule has 0 radical (unpaired) electrons. The Labute approximate surface area is 134 Å². The summed E-state index contributed by atoms with van der Waals surface area (Å²) in [5, 5.41) is 0. The molecule has 1 N–H and O–H groups in total.